The van der Waals surface area contributed by atoms with Gasteiger partial charge in [-0.15, -0.1) is 0 Å². The van der Waals surface area contributed by atoms with Crippen LogP contribution >= 0.6 is 0 Å². The van der Waals surface area contributed by atoms with Crippen LogP contribution in [0.3, 0.4) is 0 Å². The minimum Gasteiger partial charge on any atom is -0.495 e. The van der Waals surface area contributed by atoms with E-state index in [9.17, 15) is 9.50 Å². The fourth-order valence-electron chi connectivity index (χ4n) is 1.92. The van der Waals surface area contributed by atoms with Crippen LogP contribution in [0.25, 0.3) is 0 Å². The van der Waals surface area contributed by atoms with Crippen molar-refractivity contribution in [1.29, 1.82) is 0 Å². The maximum atomic E-state index is 13.7. The lowest BCUT2D eigenvalue weighted by Gasteiger charge is -2.17. The standard InChI is InChI=1S/C14H15BFNO4/c1-21-13-5-3-2-4-12(13)17-14(18)9-6-7-10(15(19)20)11(16)8-9/h2-8,14,17-20H,1H3. The van der Waals surface area contributed by atoms with Gasteiger partial charge in [-0.3, -0.25) is 0 Å². The van der Waals surface area contributed by atoms with Gasteiger partial charge in [0.05, 0.1) is 12.8 Å². The Balaban J connectivity index is 2.20. The van der Waals surface area contributed by atoms with E-state index in [1.54, 1.807) is 24.3 Å². The molecule has 2 aromatic rings. The zero-order chi connectivity index (χ0) is 15.4. The van der Waals surface area contributed by atoms with Gasteiger partial charge in [-0.1, -0.05) is 24.3 Å². The molecule has 0 amide bonds. The van der Waals surface area contributed by atoms with E-state index in [-0.39, 0.29) is 11.0 Å². The number of anilines is 1. The lowest BCUT2D eigenvalue weighted by Crippen LogP contribution is -2.33. The van der Waals surface area contributed by atoms with Crippen molar-refractivity contribution in [2.24, 2.45) is 0 Å². The van der Waals surface area contributed by atoms with Crippen LogP contribution in [0.2, 0.25) is 0 Å². The summed E-state index contributed by atoms with van der Waals surface area (Å²) in [4.78, 5) is 0. The molecule has 0 aliphatic heterocycles. The largest absolute Gasteiger partial charge is 0.495 e. The van der Waals surface area contributed by atoms with Gasteiger partial charge >= 0.3 is 7.12 Å². The van der Waals surface area contributed by atoms with Crippen molar-refractivity contribution in [2.45, 2.75) is 6.23 Å². The topological polar surface area (TPSA) is 82.0 Å². The summed E-state index contributed by atoms with van der Waals surface area (Å²) in [5.41, 5.74) is 0.560. The lowest BCUT2D eigenvalue weighted by atomic mass is 9.79. The molecule has 0 radical (unpaired) electrons. The van der Waals surface area contributed by atoms with Crippen LogP contribution in [-0.4, -0.2) is 29.4 Å². The van der Waals surface area contributed by atoms with Crippen molar-refractivity contribution in [2.75, 3.05) is 12.4 Å². The number of para-hydroxylation sites is 2. The van der Waals surface area contributed by atoms with Crippen molar-refractivity contribution in [3.63, 3.8) is 0 Å². The maximum Gasteiger partial charge on any atom is 0.491 e. The summed E-state index contributed by atoms with van der Waals surface area (Å²) in [6, 6.07) is 10.7. The molecule has 110 valence electrons. The number of nitrogens with one attached hydrogen (secondary N) is 1. The summed E-state index contributed by atoms with van der Waals surface area (Å²) in [5.74, 6) is -0.261. The third kappa shape index (κ3) is 3.52. The number of benzene rings is 2. The molecule has 0 heterocycles. The third-order valence-electron chi connectivity index (χ3n) is 3.02. The molecule has 0 aliphatic rings. The average Bonchev–Trinajstić information content (AvgIpc) is 2.47. The Kier molecular flexibility index (Phi) is 4.79. The number of aliphatic hydroxyl groups is 1. The highest BCUT2D eigenvalue weighted by molar-refractivity contribution is 6.58. The summed E-state index contributed by atoms with van der Waals surface area (Å²) >= 11 is 0. The Morgan fingerprint density at radius 3 is 2.52 bits per heavy atom. The van der Waals surface area contributed by atoms with E-state index in [1.807, 2.05) is 0 Å². The highest BCUT2D eigenvalue weighted by Crippen LogP contribution is 2.26. The Morgan fingerprint density at radius 1 is 1.19 bits per heavy atom. The Bertz CT molecular complexity index is 624. The van der Waals surface area contributed by atoms with Crippen molar-refractivity contribution in [1.82, 2.24) is 0 Å². The lowest BCUT2D eigenvalue weighted by molar-refractivity contribution is 0.207. The van der Waals surface area contributed by atoms with Gasteiger partial charge in [-0.05, 0) is 18.2 Å². The Hall–Kier alpha value is -2.09. The second-order valence-corrected chi connectivity index (χ2v) is 4.40. The second-order valence-electron chi connectivity index (χ2n) is 4.40. The van der Waals surface area contributed by atoms with Gasteiger partial charge in [0.15, 0.2) is 6.23 Å². The molecule has 21 heavy (non-hydrogen) atoms. The predicted molar refractivity (Wildman–Crippen MR) is 77.8 cm³/mol. The van der Waals surface area contributed by atoms with Gasteiger partial charge in [-0.2, -0.15) is 0 Å². The number of hydrogen-bond donors (Lipinski definition) is 4. The third-order valence-corrected chi connectivity index (χ3v) is 3.02. The highest BCUT2D eigenvalue weighted by atomic mass is 19.1. The van der Waals surface area contributed by atoms with Crippen LogP contribution in [0.15, 0.2) is 42.5 Å². The van der Waals surface area contributed by atoms with Gasteiger partial charge in [-0.25, -0.2) is 4.39 Å². The monoisotopic (exact) mass is 291 g/mol. The first kappa shape index (κ1) is 15.3. The molecule has 0 saturated carbocycles. The van der Waals surface area contributed by atoms with Gasteiger partial charge in [0, 0.05) is 11.0 Å². The van der Waals surface area contributed by atoms with Gasteiger partial charge in [0.1, 0.15) is 11.6 Å². The molecule has 0 saturated heterocycles. The van der Waals surface area contributed by atoms with Crippen LogP contribution in [0.5, 0.6) is 5.75 Å². The smallest absolute Gasteiger partial charge is 0.491 e. The van der Waals surface area contributed by atoms with E-state index < -0.39 is 19.2 Å². The molecule has 1 unspecified atom stereocenters. The molecule has 2 rings (SSSR count). The predicted octanol–water partition coefficient (Wildman–Crippen LogP) is 0.617. The first-order chi connectivity index (χ1) is 10.0. The second kappa shape index (κ2) is 6.58. The number of ether oxygens (including phenoxy) is 1. The number of halogens is 1. The summed E-state index contributed by atoms with van der Waals surface area (Å²) in [7, 11) is -0.386. The fraction of sp³-hybridized carbons (Fsp3) is 0.143. The first-order valence-corrected chi connectivity index (χ1v) is 6.26. The normalized spacial score (nSPS) is 11.9. The maximum absolute atomic E-state index is 13.7. The quantitative estimate of drug-likeness (QED) is 0.479. The molecule has 2 aromatic carbocycles. The molecule has 1 atom stereocenters. The zero-order valence-corrected chi connectivity index (χ0v) is 11.3. The van der Waals surface area contributed by atoms with E-state index in [0.29, 0.717) is 11.4 Å². The minimum absolute atomic E-state index is 0.247. The number of rotatable bonds is 5. The number of aliphatic hydroxyl groups excluding tert-OH is 1. The van der Waals surface area contributed by atoms with E-state index >= 15 is 0 Å². The molecular formula is C14H15BFNO4. The van der Waals surface area contributed by atoms with E-state index in [2.05, 4.69) is 5.32 Å². The Morgan fingerprint density at radius 2 is 1.90 bits per heavy atom. The van der Waals surface area contributed by atoms with Crippen LogP contribution in [-0.2, 0) is 0 Å². The van der Waals surface area contributed by atoms with Crippen molar-refractivity contribution >= 4 is 18.3 Å². The van der Waals surface area contributed by atoms with Crippen molar-refractivity contribution < 1.29 is 24.3 Å². The summed E-state index contributed by atoms with van der Waals surface area (Å²) in [6.45, 7) is 0. The molecule has 0 aromatic heterocycles. The molecule has 0 spiro atoms. The average molecular weight is 291 g/mol. The molecule has 4 N–H and O–H groups in total. The van der Waals surface area contributed by atoms with Crippen molar-refractivity contribution in [3.8, 4) is 5.75 Å². The van der Waals surface area contributed by atoms with Crippen LogP contribution in [0.4, 0.5) is 10.1 Å². The SMILES string of the molecule is COc1ccccc1NC(O)c1ccc(B(O)O)c(F)c1. The van der Waals surface area contributed by atoms with E-state index in [4.69, 9.17) is 14.8 Å². The van der Waals surface area contributed by atoms with Gasteiger partial charge in [0.25, 0.3) is 0 Å². The molecule has 7 heteroatoms. The summed E-state index contributed by atoms with van der Waals surface area (Å²) < 4.78 is 18.8. The molecule has 0 fully saturated rings. The molecule has 0 aliphatic carbocycles. The molecule has 5 nitrogen and oxygen atoms in total. The first-order valence-electron chi connectivity index (χ1n) is 6.26. The zero-order valence-electron chi connectivity index (χ0n) is 11.3. The van der Waals surface area contributed by atoms with Crippen LogP contribution in [0.1, 0.15) is 11.8 Å². The van der Waals surface area contributed by atoms with Gasteiger partial charge < -0.3 is 25.2 Å². The van der Waals surface area contributed by atoms with E-state index in [1.165, 1.54) is 19.2 Å². The summed E-state index contributed by atoms with van der Waals surface area (Å²) in [6.07, 6.45) is -1.17. The summed E-state index contributed by atoms with van der Waals surface area (Å²) in [5, 5.41) is 30.8. The number of methoxy groups -OCH3 is 1. The van der Waals surface area contributed by atoms with Crippen molar-refractivity contribution in [3.05, 3.63) is 53.8 Å². The Labute approximate surface area is 121 Å². The van der Waals surface area contributed by atoms with Crippen LogP contribution < -0.4 is 15.5 Å². The number of hydrogen-bond acceptors (Lipinski definition) is 5. The van der Waals surface area contributed by atoms with E-state index in [0.717, 1.165) is 6.07 Å². The van der Waals surface area contributed by atoms with Gasteiger partial charge in [0.2, 0.25) is 0 Å². The minimum atomic E-state index is -1.89. The molecular weight excluding hydrogens is 276 g/mol. The van der Waals surface area contributed by atoms with Crippen LogP contribution in [0, 0.1) is 5.82 Å². The highest BCUT2D eigenvalue weighted by Gasteiger charge is 2.18. The fourth-order valence-corrected chi connectivity index (χ4v) is 1.92. The molecule has 0 bridgehead atoms.